The van der Waals surface area contributed by atoms with Crippen LogP contribution in [0.1, 0.15) is 17.5 Å². The maximum Gasteiger partial charge on any atom is 0.242 e. The molecule has 1 aromatic carbocycles. The minimum Gasteiger partial charge on any atom is -0.379 e. The number of carbonyl (C=O) groups is 1. The third-order valence-corrected chi connectivity index (χ3v) is 4.80. The molecule has 0 aliphatic carbocycles. The first-order valence-corrected chi connectivity index (χ1v) is 9.69. The Bertz CT molecular complexity index is 910. The number of nitrogens with one attached hydrogen (secondary N) is 1. The van der Waals surface area contributed by atoms with Gasteiger partial charge in [0.05, 0.1) is 13.2 Å². The van der Waals surface area contributed by atoms with E-state index in [1.54, 1.807) is 12.4 Å². The molecule has 150 valence electrons. The number of carbonyl (C=O) groups excluding carboxylic acids is 1. The van der Waals surface area contributed by atoms with Crippen LogP contribution in [0, 0.1) is 0 Å². The standard InChI is InChI=1S/C21H23N5O3/c27-21(19(17-7-4-9-22-15-17)26-11-13-28-14-12-26)23-10-8-18-24-20(25-29-18)16-5-2-1-3-6-16/h1-7,9,15,19H,8,10-14H2,(H,23,27). The quantitative estimate of drug-likeness (QED) is 0.655. The van der Waals surface area contributed by atoms with Crippen molar-refractivity contribution in [3.63, 3.8) is 0 Å². The number of ether oxygens (including phenoxy) is 1. The SMILES string of the molecule is O=C(NCCc1nc(-c2ccccc2)no1)C(c1cccnc1)N1CCOCC1. The van der Waals surface area contributed by atoms with Crippen LogP contribution in [0.3, 0.4) is 0 Å². The van der Waals surface area contributed by atoms with Crippen molar-refractivity contribution in [3.05, 3.63) is 66.3 Å². The van der Waals surface area contributed by atoms with Crippen molar-refractivity contribution in [2.24, 2.45) is 0 Å². The minimum atomic E-state index is -0.393. The van der Waals surface area contributed by atoms with E-state index in [0.717, 1.165) is 11.1 Å². The molecule has 3 aromatic rings. The molecule has 1 amide bonds. The molecule has 29 heavy (non-hydrogen) atoms. The van der Waals surface area contributed by atoms with Gasteiger partial charge in [-0.1, -0.05) is 41.6 Å². The monoisotopic (exact) mass is 393 g/mol. The van der Waals surface area contributed by atoms with Gasteiger partial charge in [0, 0.05) is 44.0 Å². The third kappa shape index (κ3) is 4.85. The fourth-order valence-corrected chi connectivity index (χ4v) is 3.35. The molecule has 0 bridgehead atoms. The van der Waals surface area contributed by atoms with Crippen molar-refractivity contribution in [1.82, 2.24) is 25.3 Å². The van der Waals surface area contributed by atoms with Gasteiger partial charge in [-0.25, -0.2) is 0 Å². The summed E-state index contributed by atoms with van der Waals surface area (Å²) in [6, 6.07) is 13.0. The van der Waals surface area contributed by atoms with E-state index in [0.29, 0.717) is 51.0 Å². The van der Waals surface area contributed by atoms with Gasteiger partial charge in [0.25, 0.3) is 0 Å². The van der Waals surface area contributed by atoms with Gasteiger partial charge < -0.3 is 14.6 Å². The fraction of sp³-hybridized carbons (Fsp3) is 0.333. The fourth-order valence-electron chi connectivity index (χ4n) is 3.35. The maximum atomic E-state index is 13.0. The van der Waals surface area contributed by atoms with E-state index in [1.165, 1.54) is 0 Å². The lowest BCUT2D eigenvalue weighted by Gasteiger charge is -2.33. The molecule has 1 unspecified atom stereocenters. The Morgan fingerprint density at radius 1 is 1.14 bits per heavy atom. The van der Waals surface area contributed by atoms with Gasteiger partial charge in [0.15, 0.2) is 0 Å². The summed E-state index contributed by atoms with van der Waals surface area (Å²) in [6.45, 7) is 3.06. The topological polar surface area (TPSA) is 93.4 Å². The van der Waals surface area contributed by atoms with E-state index in [-0.39, 0.29) is 5.91 Å². The summed E-state index contributed by atoms with van der Waals surface area (Å²) < 4.78 is 10.7. The molecule has 0 spiro atoms. The molecule has 3 heterocycles. The Morgan fingerprint density at radius 3 is 2.72 bits per heavy atom. The van der Waals surface area contributed by atoms with Crippen LogP contribution in [0.4, 0.5) is 0 Å². The van der Waals surface area contributed by atoms with Crippen molar-refractivity contribution in [2.75, 3.05) is 32.8 Å². The average Bonchev–Trinajstić information content (AvgIpc) is 3.25. The van der Waals surface area contributed by atoms with Crippen LogP contribution >= 0.6 is 0 Å². The van der Waals surface area contributed by atoms with Crippen molar-refractivity contribution >= 4 is 5.91 Å². The lowest BCUT2D eigenvalue weighted by molar-refractivity contribution is -0.128. The lowest BCUT2D eigenvalue weighted by Crippen LogP contribution is -2.46. The van der Waals surface area contributed by atoms with Crippen LogP contribution in [-0.2, 0) is 16.0 Å². The van der Waals surface area contributed by atoms with Gasteiger partial charge >= 0.3 is 0 Å². The van der Waals surface area contributed by atoms with Crippen LogP contribution in [0.5, 0.6) is 0 Å². The van der Waals surface area contributed by atoms with Crippen molar-refractivity contribution in [3.8, 4) is 11.4 Å². The molecule has 2 aromatic heterocycles. The second-order valence-electron chi connectivity index (χ2n) is 6.76. The molecular weight excluding hydrogens is 370 g/mol. The van der Waals surface area contributed by atoms with Gasteiger partial charge in [-0.2, -0.15) is 4.98 Å². The normalized spacial score (nSPS) is 15.7. The Morgan fingerprint density at radius 2 is 1.97 bits per heavy atom. The number of morpholine rings is 1. The molecule has 1 aliphatic heterocycles. The second-order valence-corrected chi connectivity index (χ2v) is 6.76. The predicted octanol–water partition coefficient (Wildman–Crippen LogP) is 1.86. The van der Waals surface area contributed by atoms with E-state index >= 15 is 0 Å². The van der Waals surface area contributed by atoms with Gasteiger partial charge in [-0.15, -0.1) is 0 Å². The Kier molecular flexibility index (Phi) is 6.23. The van der Waals surface area contributed by atoms with E-state index < -0.39 is 6.04 Å². The molecule has 8 nitrogen and oxygen atoms in total. The highest BCUT2D eigenvalue weighted by Crippen LogP contribution is 2.21. The lowest BCUT2D eigenvalue weighted by atomic mass is 10.1. The molecule has 0 radical (unpaired) electrons. The molecular formula is C21H23N5O3. The number of amides is 1. The van der Waals surface area contributed by atoms with Gasteiger partial charge in [-0.3, -0.25) is 14.7 Å². The zero-order valence-corrected chi connectivity index (χ0v) is 16.0. The minimum absolute atomic E-state index is 0.0669. The van der Waals surface area contributed by atoms with Crippen molar-refractivity contribution < 1.29 is 14.1 Å². The largest absolute Gasteiger partial charge is 0.379 e. The molecule has 4 rings (SSSR count). The Balaban J connectivity index is 1.37. The third-order valence-electron chi connectivity index (χ3n) is 4.80. The number of nitrogens with zero attached hydrogens (tertiary/aromatic N) is 4. The zero-order valence-electron chi connectivity index (χ0n) is 16.0. The summed E-state index contributed by atoms with van der Waals surface area (Å²) >= 11 is 0. The highest BCUT2D eigenvalue weighted by molar-refractivity contribution is 5.83. The molecule has 1 atom stereocenters. The number of benzene rings is 1. The summed E-state index contributed by atoms with van der Waals surface area (Å²) in [4.78, 5) is 23.7. The summed E-state index contributed by atoms with van der Waals surface area (Å²) in [7, 11) is 0. The van der Waals surface area contributed by atoms with Crippen LogP contribution in [-0.4, -0.2) is 58.8 Å². The summed E-state index contributed by atoms with van der Waals surface area (Å²) in [5.74, 6) is 0.977. The van der Waals surface area contributed by atoms with E-state index in [2.05, 4.69) is 25.3 Å². The first kappa shape index (κ1) is 19.2. The van der Waals surface area contributed by atoms with E-state index in [9.17, 15) is 4.79 Å². The van der Waals surface area contributed by atoms with Crippen molar-refractivity contribution in [1.29, 1.82) is 0 Å². The molecule has 1 aliphatic rings. The number of aromatic nitrogens is 3. The highest BCUT2D eigenvalue weighted by atomic mass is 16.5. The zero-order chi connectivity index (χ0) is 19.9. The smallest absolute Gasteiger partial charge is 0.242 e. The molecule has 8 heteroatoms. The van der Waals surface area contributed by atoms with Crippen LogP contribution in [0.25, 0.3) is 11.4 Å². The molecule has 1 N–H and O–H groups in total. The molecule has 1 fully saturated rings. The molecule has 0 saturated carbocycles. The van der Waals surface area contributed by atoms with Crippen LogP contribution in [0.15, 0.2) is 59.4 Å². The van der Waals surface area contributed by atoms with Crippen molar-refractivity contribution in [2.45, 2.75) is 12.5 Å². The van der Waals surface area contributed by atoms with Crippen LogP contribution in [0.2, 0.25) is 0 Å². The second kappa shape index (κ2) is 9.40. The first-order chi connectivity index (χ1) is 14.3. The number of rotatable bonds is 7. The Labute approximate surface area is 168 Å². The number of hydrogen-bond donors (Lipinski definition) is 1. The number of pyridine rings is 1. The van der Waals surface area contributed by atoms with Gasteiger partial charge in [-0.05, 0) is 11.6 Å². The number of hydrogen-bond acceptors (Lipinski definition) is 7. The average molecular weight is 393 g/mol. The van der Waals surface area contributed by atoms with Gasteiger partial charge in [0.2, 0.25) is 17.6 Å². The summed E-state index contributed by atoms with van der Waals surface area (Å²) in [6.07, 6.45) is 3.91. The highest BCUT2D eigenvalue weighted by Gasteiger charge is 2.29. The Hall–Kier alpha value is -3.10. The molecule has 1 saturated heterocycles. The van der Waals surface area contributed by atoms with E-state index in [4.69, 9.17) is 9.26 Å². The van der Waals surface area contributed by atoms with Gasteiger partial charge in [0.1, 0.15) is 6.04 Å². The van der Waals surface area contributed by atoms with E-state index in [1.807, 2.05) is 42.5 Å². The summed E-state index contributed by atoms with van der Waals surface area (Å²) in [5, 5.41) is 7.01. The maximum absolute atomic E-state index is 13.0. The summed E-state index contributed by atoms with van der Waals surface area (Å²) in [5.41, 5.74) is 1.77. The van der Waals surface area contributed by atoms with Crippen LogP contribution < -0.4 is 5.32 Å². The predicted molar refractivity (Wildman–Crippen MR) is 106 cm³/mol. The first-order valence-electron chi connectivity index (χ1n) is 9.69.